The maximum atomic E-state index is 12.2. The van der Waals surface area contributed by atoms with Crippen molar-refractivity contribution in [3.8, 4) is 5.75 Å². The molecule has 1 aliphatic rings. The normalized spacial score (nSPS) is 16.1. The molecule has 2 heterocycles. The summed E-state index contributed by atoms with van der Waals surface area (Å²) in [5, 5.41) is 6.21. The van der Waals surface area contributed by atoms with E-state index in [9.17, 15) is 4.79 Å². The van der Waals surface area contributed by atoms with Crippen molar-refractivity contribution >= 4 is 36.4 Å². The molecule has 1 aromatic heterocycles. The Bertz CT molecular complexity index is 650. The summed E-state index contributed by atoms with van der Waals surface area (Å²) in [5.41, 5.74) is 1.76. The van der Waals surface area contributed by atoms with Crippen LogP contribution in [0.15, 0.2) is 48.8 Å². The second-order valence-corrected chi connectivity index (χ2v) is 5.67. The molecule has 0 saturated carbocycles. The third kappa shape index (κ3) is 6.53. The van der Waals surface area contributed by atoms with E-state index in [0.29, 0.717) is 6.61 Å². The average Bonchev–Trinajstić information content (AvgIpc) is 2.62. The van der Waals surface area contributed by atoms with Gasteiger partial charge in [-0.3, -0.25) is 9.78 Å². The Balaban J connectivity index is 0.00000156. The van der Waals surface area contributed by atoms with Crippen LogP contribution in [-0.4, -0.2) is 23.5 Å². The van der Waals surface area contributed by atoms with Gasteiger partial charge in [0.05, 0.1) is 6.04 Å². The quantitative estimate of drug-likeness (QED) is 0.827. The fourth-order valence-corrected chi connectivity index (χ4v) is 2.62. The molecule has 1 fully saturated rings. The molecule has 2 aromatic rings. The summed E-state index contributed by atoms with van der Waals surface area (Å²) in [6.45, 7) is 1.36. The highest BCUT2D eigenvalue weighted by atomic mass is 35.5. The summed E-state index contributed by atoms with van der Waals surface area (Å²) in [5.74, 6) is 0.748. The highest BCUT2D eigenvalue weighted by Crippen LogP contribution is 2.19. The van der Waals surface area contributed by atoms with Crippen molar-refractivity contribution in [1.29, 1.82) is 0 Å². The molecule has 1 atom stereocenters. The molecule has 136 valence electrons. The van der Waals surface area contributed by atoms with Crippen molar-refractivity contribution in [2.24, 2.45) is 0 Å². The number of carbonyl (C=O) groups is 1. The van der Waals surface area contributed by atoms with Gasteiger partial charge in [0.25, 0.3) is 0 Å². The van der Waals surface area contributed by atoms with E-state index in [-0.39, 0.29) is 36.8 Å². The molecule has 25 heavy (non-hydrogen) atoms. The molecule has 0 radical (unpaired) electrons. The number of anilines is 1. The van der Waals surface area contributed by atoms with Gasteiger partial charge in [0.2, 0.25) is 5.91 Å². The minimum atomic E-state index is -0.0938. The highest BCUT2D eigenvalue weighted by molar-refractivity contribution is 5.95. The molecule has 0 bridgehead atoms. The van der Waals surface area contributed by atoms with Gasteiger partial charge >= 0.3 is 0 Å². The molecule has 1 amide bonds. The van der Waals surface area contributed by atoms with Gasteiger partial charge in [-0.05, 0) is 37.6 Å². The number of halogens is 2. The summed E-state index contributed by atoms with van der Waals surface area (Å²) in [6.07, 6.45) is 6.64. The van der Waals surface area contributed by atoms with Crippen LogP contribution in [0.25, 0.3) is 0 Å². The first-order chi connectivity index (χ1) is 11.3. The van der Waals surface area contributed by atoms with Crippen LogP contribution in [0.3, 0.4) is 0 Å². The summed E-state index contributed by atoms with van der Waals surface area (Å²) in [6, 6.07) is 11.2. The zero-order valence-electron chi connectivity index (χ0n) is 13.8. The van der Waals surface area contributed by atoms with Crippen LogP contribution in [-0.2, 0) is 11.4 Å². The zero-order valence-corrected chi connectivity index (χ0v) is 15.4. The summed E-state index contributed by atoms with van der Waals surface area (Å²) >= 11 is 0. The average molecular weight is 384 g/mol. The van der Waals surface area contributed by atoms with Gasteiger partial charge < -0.3 is 15.4 Å². The largest absolute Gasteiger partial charge is 0.489 e. The van der Waals surface area contributed by atoms with Gasteiger partial charge in [-0.2, -0.15) is 0 Å². The number of aromatic nitrogens is 1. The van der Waals surface area contributed by atoms with E-state index in [1.807, 2.05) is 36.4 Å². The fourth-order valence-electron chi connectivity index (χ4n) is 2.62. The molecular weight excluding hydrogens is 361 g/mol. The number of benzene rings is 1. The summed E-state index contributed by atoms with van der Waals surface area (Å²) < 4.78 is 5.75. The minimum Gasteiger partial charge on any atom is -0.489 e. The Morgan fingerprint density at radius 1 is 1.24 bits per heavy atom. The van der Waals surface area contributed by atoms with Crippen LogP contribution in [0, 0.1) is 0 Å². The lowest BCUT2D eigenvalue weighted by Gasteiger charge is -2.22. The van der Waals surface area contributed by atoms with Gasteiger partial charge in [0.1, 0.15) is 12.4 Å². The molecule has 0 unspecified atom stereocenters. The molecule has 5 nitrogen and oxygen atoms in total. The van der Waals surface area contributed by atoms with Crippen LogP contribution in [0.1, 0.15) is 24.8 Å². The predicted octanol–water partition coefficient (Wildman–Crippen LogP) is 3.58. The van der Waals surface area contributed by atoms with Crippen molar-refractivity contribution in [2.45, 2.75) is 31.9 Å². The maximum absolute atomic E-state index is 12.2. The number of nitrogens with one attached hydrogen (secondary N) is 2. The second kappa shape index (κ2) is 10.9. The van der Waals surface area contributed by atoms with Gasteiger partial charge in [0, 0.05) is 29.7 Å². The second-order valence-electron chi connectivity index (χ2n) is 5.67. The van der Waals surface area contributed by atoms with E-state index in [2.05, 4.69) is 15.6 Å². The third-order valence-corrected chi connectivity index (χ3v) is 3.86. The SMILES string of the molecule is Cl.Cl.O=C(Nc1cccc(OCc2cccnc2)c1)[C@H]1CCCCN1. The first kappa shape index (κ1) is 21.2. The first-order valence-corrected chi connectivity index (χ1v) is 7.97. The topological polar surface area (TPSA) is 63.2 Å². The van der Waals surface area contributed by atoms with Gasteiger partial charge in [-0.1, -0.05) is 18.6 Å². The molecule has 1 saturated heterocycles. The van der Waals surface area contributed by atoms with Gasteiger partial charge in [0.15, 0.2) is 0 Å². The van der Waals surface area contributed by atoms with Crippen molar-refractivity contribution < 1.29 is 9.53 Å². The smallest absolute Gasteiger partial charge is 0.241 e. The van der Waals surface area contributed by atoms with Crippen LogP contribution < -0.4 is 15.4 Å². The lowest BCUT2D eigenvalue weighted by atomic mass is 10.0. The Morgan fingerprint density at radius 2 is 2.12 bits per heavy atom. The minimum absolute atomic E-state index is 0. The molecular formula is C18H23Cl2N3O2. The van der Waals surface area contributed by atoms with Crippen molar-refractivity contribution in [3.05, 3.63) is 54.4 Å². The Hall–Kier alpha value is -1.82. The molecule has 1 aliphatic heterocycles. The molecule has 2 N–H and O–H groups in total. The standard InChI is InChI=1S/C18H21N3O2.2ClH/c22-18(17-8-1-2-10-20-17)21-15-6-3-7-16(11-15)23-13-14-5-4-9-19-12-14;;/h3-7,9,11-12,17,20H,1-2,8,10,13H2,(H,21,22);2*1H/t17-;;/m1../s1. The number of nitrogens with zero attached hydrogens (tertiary/aromatic N) is 1. The lowest BCUT2D eigenvalue weighted by Crippen LogP contribution is -2.43. The third-order valence-electron chi connectivity index (χ3n) is 3.86. The number of piperidine rings is 1. The van der Waals surface area contributed by atoms with E-state index in [4.69, 9.17) is 4.74 Å². The van der Waals surface area contributed by atoms with Crippen LogP contribution >= 0.6 is 24.8 Å². The van der Waals surface area contributed by atoms with E-state index in [0.717, 1.165) is 42.8 Å². The summed E-state index contributed by atoms with van der Waals surface area (Å²) in [4.78, 5) is 16.3. The molecule has 7 heteroatoms. The lowest BCUT2D eigenvalue weighted by molar-refractivity contribution is -0.118. The number of pyridine rings is 1. The van der Waals surface area contributed by atoms with Gasteiger partial charge in [-0.15, -0.1) is 24.8 Å². The van der Waals surface area contributed by atoms with E-state index < -0.39 is 0 Å². The van der Waals surface area contributed by atoms with Gasteiger partial charge in [-0.25, -0.2) is 0 Å². The van der Waals surface area contributed by atoms with Crippen LogP contribution in [0.4, 0.5) is 5.69 Å². The number of amides is 1. The van der Waals surface area contributed by atoms with E-state index in [1.54, 1.807) is 12.4 Å². The van der Waals surface area contributed by atoms with Crippen molar-refractivity contribution in [3.63, 3.8) is 0 Å². The van der Waals surface area contributed by atoms with Crippen molar-refractivity contribution in [2.75, 3.05) is 11.9 Å². The number of ether oxygens (including phenoxy) is 1. The molecule has 0 spiro atoms. The monoisotopic (exact) mass is 383 g/mol. The fraction of sp³-hybridized carbons (Fsp3) is 0.333. The zero-order chi connectivity index (χ0) is 15.9. The molecule has 3 rings (SSSR count). The predicted molar refractivity (Wildman–Crippen MR) is 104 cm³/mol. The van der Waals surface area contributed by atoms with Crippen molar-refractivity contribution in [1.82, 2.24) is 10.3 Å². The first-order valence-electron chi connectivity index (χ1n) is 7.97. The number of hydrogen-bond acceptors (Lipinski definition) is 4. The number of hydrogen-bond donors (Lipinski definition) is 2. The van der Waals surface area contributed by atoms with Crippen LogP contribution in [0.2, 0.25) is 0 Å². The Kier molecular flexibility index (Phi) is 9.27. The molecule has 1 aromatic carbocycles. The highest BCUT2D eigenvalue weighted by Gasteiger charge is 2.20. The Morgan fingerprint density at radius 3 is 2.84 bits per heavy atom. The Labute approximate surface area is 160 Å². The van der Waals surface area contributed by atoms with Crippen LogP contribution in [0.5, 0.6) is 5.75 Å². The number of carbonyl (C=O) groups excluding carboxylic acids is 1. The van der Waals surface area contributed by atoms with E-state index >= 15 is 0 Å². The summed E-state index contributed by atoms with van der Waals surface area (Å²) in [7, 11) is 0. The maximum Gasteiger partial charge on any atom is 0.241 e. The molecule has 0 aliphatic carbocycles. The van der Waals surface area contributed by atoms with E-state index in [1.165, 1.54) is 0 Å². The number of rotatable bonds is 5.